The van der Waals surface area contributed by atoms with E-state index in [4.69, 9.17) is 4.74 Å². The molecule has 1 aromatic carbocycles. The second-order valence-corrected chi connectivity index (χ2v) is 5.97. The number of hydrogen-bond acceptors (Lipinski definition) is 4. The first kappa shape index (κ1) is 17.0. The van der Waals surface area contributed by atoms with Gasteiger partial charge in [-0.3, -0.25) is 4.98 Å². The Morgan fingerprint density at radius 3 is 2.68 bits per heavy atom. The highest BCUT2D eigenvalue weighted by molar-refractivity contribution is 5.89. The number of urea groups is 1. The van der Waals surface area contributed by atoms with Gasteiger partial charge in [0, 0.05) is 55.5 Å². The lowest BCUT2D eigenvalue weighted by atomic mass is 10.2. The van der Waals surface area contributed by atoms with E-state index in [9.17, 15) is 9.18 Å². The van der Waals surface area contributed by atoms with Crippen LogP contribution in [0, 0.1) is 5.82 Å². The molecule has 25 heavy (non-hydrogen) atoms. The van der Waals surface area contributed by atoms with Crippen LogP contribution in [-0.4, -0.2) is 48.7 Å². The van der Waals surface area contributed by atoms with Crippen molar-refractivity contribution in [2.75, 3.05) is 37.0 Å². The molecule has 7 heteroatoms. The maximum Gasteiger partial charge on any atom is 0.322 e. The Morgan fingerprint density at radius 2 is 2.04 bits per heavy atom. The minimum absolute atomic E-state index is 0.0324. The van der Waals surface area contributed by atoms with Crippen LogP contribution in [0.4, 0.5) is 20.6 Å². The van der Waals surface area contributed by atoms with Gasteiger partial charge in [-0.25, -0.2) is 9.18 Å². The fourth-order valence-corrected chi connectivity index (χ4v) is 2.99. The molecule has 1 aliphatic rings. The highest BCUT2D eigenvalue weighted by Crippen LogP contribution is 2.22. The first-order chi connectivity index (χ1) is 12.1. The number of benzene rings is 1. The van der Waals surface area contributed by atoms with E-state index in [1.807, 2.05) is 19.1 Å². The van der Waals surface area contributed by atoms with Gasteiger partial charge in [-0.2, -0.15) is 0 Å². The summed E-state index contributed by atoms with van der Waals surface area (Å²) in [7, 11) is 1.40. The molecular formula is C18H21FN4O2. The average molecular weight is 344 g/mol. The number of piperazine rings is 1. The summed E-state index contributed by atoms with van der Waals surface area (Å²) in [6.07, 6.45) is 3.52. The van der Waals surface area contributed by atoms with E-state index < -0.39 is 5.82 Å². The van der Waals surface area contributed by atoms with Crippen molar-refractivity contribution < 1.29 is 13.9 Å². The van der Waals surface area contributed by atoms with Gasteiger partial charge in [0.25, 0.3) is 0 Å². The molecule has 2 aromatic rings. The summed E-state index contributed by atoms with van der Waals surface area (Å²) in [5, 5.41) is 2.75. The molecule has 132 valence electrons. The van der Waals surface area contributed by atoms with Crippen LogP contribution >= 0.6 is 0 Å². The fraction of sp³-hybridized carbons (Fsp3) is 0.333. The van der Waals surface area contributed by atoms with Gasteiger partial charge >= 0.3 is 6.03 Å². The summed E-state index contributed by atoms with van der Waals surface area (Å²) in [6, 6.07) is 8.10. The molecule has 1 fully saturated rings. The molecule has 1 N–H and O–H groups in total. The van der Waals surface area contributed by atoms with E-state index in [-0.39, 0.29) is 17.8 Å². The lowest BCUT2D eigenvalue weighted by Gasteiger charge is -2.40. The molecule has 1 unspecified atom stereocenters. The summed E-state index contributed by atoms with van der Waals surface area (Å²) >= 11 is 0. The number of ether oxygens (including phenoxy) is 1. The van der Waals surface area contributed by atoms with Gasteiger partial charge < -0.3 is 19.9 Å². The number of carbonyl (C=O) groups is 1. The minimum atomic E-state index is -0.504. The molecule has 0 saturated carbocycles. The quantitative estimate of drug-likeness (QED) is 0.930. The van der Waals surface area contributed by atoms with Crippen LogP contribution in [0.1, 0.15) is 6.92 Å². The Morgan fingerprint density at radius 1 is 1.28 bits per heavy atom. The van der Waals surface area contributed by atoms with Gasteiger partial charge in [0.15, 0.2) is 11.6 Å². The maximum absolute atomic E-state index is 13.8. The van der Waals surface area contributed by atoms with Crippen molar-refractivity contribution in [3.05, 3.63) is 48.5 Å². The molecule has 3 rings (SSSR count). The van der Waals surface area contributed by atoms with Crippen molar-refractivity contribution in [2.45, 2.75) is 13.0 Å². The van der Waals surface area contributed by atoms with Crippen LogP contribution in [-0.2, 0) is 0 Å². The number of pyridine rings is 1. The molecule has 0 radical (unpaired) electrons. The Hall–Kier alpha value is -2.83. The topological polar surface area (TPSA) is 57.7 Å². The Kier molecular flexibility index (Phi) is 5.02. The number of carbonyl (C=O) groups excluding carboxylic acids is 1. The molecule has 1 atom stereocenters. The Balaban J connectivity index is 1.63. The van der Waals surface area contributed by atoms with Crippen molar-refractivity contribution >= 4 is 17.4 Å². The number of amides is 2. The Bertz CT molecular complexity index is 741. The number of methoxy groups -OCH3 is 1. The SMILES string of the molecule is COc1ccc(NC(=O)N2CCN(c3ccncc3)CC2C)cc1F. The van der Waals surface area contributed by atoms with E-state index in [0.29, 0.717) is 12.2 Å². The van der Waals surface area contributed by atoms with Gasteiger partial charge in [0.2, 0.25) is 0 Å². The van der Waals surface area contributed by atoms with Crippen LogP contribution < -0.4 is 15.0 Å². The van der Waals surface area contributed by atoms with Crippen molar-refractivity contribution in [1.82, 2.24) is 9.88 Å². The summed E-state index contributed by atoms with van der Waals surface area (Å²) in [5.41, 5.74) is 1.51. The van der Waals surface area contributed by atoms with E-state index in [0.717, 1.165) is 18.8 Å². The second-order valence-electron chi connectivity index (χ2n) is 5.97. The molecule has 6 nitrogen and oxygen atoms in total. The normalized spacial score (nSPS) is 17.3. The van der Waals surface area contributed by atoms with Gasteiger partial charge in [-0.15, -0.1) is 0 Å². The third-order valence-corrected chi connectivity index (χ3v) is 4.32. The van der Waals surface area contributed by atoms with E-state index >= 15 is 0 Å². The number of nitrogens with zero attached hydrogens (tertiary/aromatic N) is 3. The number of rotatable bonds is 3. The first-order valence-corrected chi connectivity index (χ1v) is 8.14. The minimum Gasteiger partial charge on any atom is -0.494 e. The first-order valence-electron chi connectivity index (χ1n) is 8.14. The molecule has 1 saturated heterocycles. The molecule has 0 aliphatic carbocycles. The molecule has 2 amide bonds. The zero-order chi connectivity index (χ0) is 17.8. The predicted molar refractivity (Wildman–Crippen MR) is 94.6 cm³/mol. The molecule has 0 spiro atoms. The second kappa shape index (κ2) is 7.38. The lowest BCUT2D eigenvalue weighted by Crippen LogP contribution is -2.55. The van der Waals surface area contributed by atoms with Crippen LogP contribution in [0.5, 0.6) is 5.75 Å². The number of aromatic nitrogens is 1. The lowest BCUT2D eigenvalue weighted by molar-refractivity contribution is 0.185. The standard InChI is InChI=1S/C18H21FN4O2/c1-13-12-22(15-5-7-20-8-6-15)9-10-23(13)18(24)21-14-3-4-17(25-2)16(19)11-14/h3-8,11,13H,9-10,12H2,1-2H3,(H,21,24). The molecular weight excluding hydrogens is 323 g/mol. The van der Waals surface area contributed by atoms with Gasteiger partial charge in [0.05, 0.1) is 7.11 Å². The monoisotopic (exact) mass is 344 g/mol. The number of nitrogens with one attached hydrogen (secondary N) is 1. The molecule has 1 aromatic heterocycles. The third-order valence-electron chi connectivity index (χ3n) is 4.32. The number of halogens is 1. The molecule has 1 aliphatic heterocycles. The molecule has 2 heterocycles. The average Bonchev–Trinajstić information content (AvgIpc) is 2.62. The van der Waals surface area contributed by atoms with Crippen LogP contribution in [0.15, 0.2) is 42.7 Å². The van der Waals surface area contributed by atoms with E-state index in [1.165, 1.54) is 19.2 Å². The highest BCUT2D eigenvalue weighted by Gasteiger charge is 2.27. The summed E-state index contributed by atoms with van der Waals surface area (Å²) in [5.74, 6) is -0.354. The van der Waals surface area contributed by atoms with E-state index in [1.54, 1.807) is 23.4 Å². The van der Waals surface area contributed by atoms with Crippen LogP contribution in [0.3, 0.4) is 0 Å². The number of anilines is 2. The summed E-state index contributed by atoms with van der Waals surface area (Å²) in [4.78, 5) is 20.5. The fourth-order valence-electron chi connectivity index (χ4n) is 2.99. The maximum atomic E-state index is 13.8. The smallest absolute Gasteiger partial charge is 0.322 e. The zero-order valence-electron chi connectivity index (χ0n) is 14.3. The van der Waals surface area contributed by atoms with Gasteiger partial charge in [0.1, 0.15) is 0 Å². The van der Waals surface area contributed by atoms with Crippen molar-refractivity contribution in [3.8, 4) is 5.75 Å². The van der Waals surface area contributed by atoms with Gasteiger partial charge in [-0.1, -0.05) is 0 Å². The van der Waals surface area contributed by atoms with Crippen molar-refractivity contribution in [1.29, 1.82) is 0 Å². The van der Waals surface area contributed by atoms with Gasteiger partial charge in [-0.05, 0) is 31.2 Å². The summed E-state index contributed by atoms with van der Waals surface area (Å²) < 4.78 is 18.6. The van der Waals surface area contributed by atoms with Crippen molar-refractivity contribution in [3.63, 3.8) is 0 Å². The zero-order valence-corrected chi connectivity index (χ0v) is 14.3. The third kappa shape index (κ3) is 3.81. The van der Waals surface area contributed by atoms with E-state index in [2.05, 4.69) is 15.2 Å². The molecule has 0 bridgehead atoms. The van der Waals surface area contributed by atoms with Crippen LogP contribution in [0.25, 0.3) is 0 Å². The highest BCUT2D eigenvalue weighted by atomic mass is 19.1. The number of hydrogen-bond donors (Lipinski definition) is 1. The largest absolute Gasteiger partial charge is 0.494 e. The predicted octanol–water partition coefficient (Wildman–Crippen LogP) is 2.97. The Labute approximate surface area is 146 Å². The van der Waals surface area contributed by atoms with Crippen LogP contribution in [0.2, 0.25) is 0 Å². The van der Waals surface area contributed by atoms with Crippen molar-refractivity contribution in [2.24, 2.45) is 0 Å². The summed E-state index contributed by atoms with van der Waals surface area (Å²) in [6.45, 7) is 4.06.